The molecule has 1 saturated heterocycles. The van der Waals surface area contributed by atoms with Crippen LogP contribution in [0.4, 0.5) is 5.82 Å². The van der Waals surface area contributed by atoms with E-state index in [1.165, 1.54) is 0 Å². The Morgan fingerprint density at radius 3 is 2.69 bits per heavy atom. The number of piperazine rings is 1. The van der Waals surface area contributed by atoms with Crippen LogP contribution in [0.3, 0.4) is 0 Å². The van der Waals surface area contributed by atoms with Gasteiger partial charge in [0.25, 0.3) is 0 Å². The number of rotatable bonds is 6. The summed E-state index contributed by atoms with van der Waals surface area (Å²) >= 11 is 0. The zero-order valence-electron chi connectivity index (χ0n) is 20.0. The number of nitrogens with zero attached hydrogens (tertiary/aromatic N) is 6. The summed E-state index contributed by atoms with van der Waals surface area (Å²) < 4.78 is 0. The van der Waals surface area contributed by atoms with E-state index in [9.17, 15) is 0 Å². The first-order valence-corrected chi connectivity index (χ1v) is 12.1. The predicted octanol–water partition coefficient (Wildman–Crippen LogP) is 3.42. The maximum Gasteiger partial charge on any atom is 0.181 e. The van der Waals surface area contributed by atoms with Crippen molar-refractivity contribution in [2.45, 2.75) is 13.5 Å². The molecular formula is C26H29N9. The highest BCUT2D eigenvalue weighted by Crippen LogP contribution is 2.33. The van der Waals surface area contributed by atoms with Gasteiger partial charge >= 0.3 is 0 Å². The summed E-state index contributed by atoms with van der Waals surface area (Å²) in [5.74, 6) is 1.03. The first-order valence-electron chi connectivity index (χ1n) is 12.1. The van der Waals surface area contributed by atoms with Crippen molar-refractivity contribution in [1.29, 1.82) is 0 Å². The van der Waals surface area contributed by atoms with Crippen LogP contribution >= 0.6 is 0 Å². The summed E-state index contributed by atoms with van der Waals surface area (Å²) in [5.41, 5.74) is 6.86. The minimum atomic E-state index is 0.691. The van der Waals surface area contributed by atoms with Crippen molar-refractivity contribution in [3.05, 3.63) is 54.6 Å². The van der Waals surface area contributed by atoms with Crippen molar-refractivity contribution in [2.75, 3.05) is 44.7 Å². The van der Waals surface area contributed by atoms with Gasteiger partial charge in [-0.1, -0.05) is 6.92 Å². The van der Waals surface area contributed by atoms with Crippen LogP contribution in [-0.4, -0.2) is 74.8 Å². The zero-order chi connectivity index (χ0) is 23.8. The fourth-order valence-electron chi connectivity index (χ4n) is 4.72. The third kappa shape index (κ3) is 4.13. The highest BCUT2D eigenvalue weighted by molar-refractivity contribution is 5.99. The van der Waals surface area contributed by atoms with Crippen molar-refractivity contribution in [3.8, 4) is 22.5 Å². The van der Waals surface area contributed by atoms with Crippen LogP contribution < -0.4 is 10.2 Å². The summed E-state index contributed by atoms with van der Waals surface area (Å²) in [6, 6.07) is 8.51. The number of hydrogen-bond donors (Lipinski definition) is 3. The molecule has 178 valence electrons. The van der Waals surface area contributed by atoms with Gasteiger partial charge in [-0.05, 0) is 43.4 Å². The molecular weight excluding hydrogens is 438 g/mol. The number of pyridine rings is 3. The number of hydrogen-bond acceptors (Lipinski definition) is 7. The molecule has 0 unspecified atom stereocenters. The van der Waals surface area contributed by atoms with Crippen LogP contribution in [-0.2, 0) is 6.54 Å². The number of anilines is 1. The number of nitrogens with one attached hydrogen (secondary N) is 3. The second-order valence-electron chi connectivity index (χ2n) is 9.13. The van der Waals surface area contributed by atoms with E-state index in [1.807, 2.05) is 30.9 Å². The van der Waals surface area contributed by atoms with E-state index in [1.54, 1.807) is 0 Å². The molecule has 0 atom stereocenters. The van der Waals surface area contributed by atoms with Crippen LogP contribution in [0.2, 0.25) is 0 Å². The van der Waals surface area contributed by atoms with Crippen molar-refractivity contribution in [3.63, 3.8) is 0 Å². The zero-order valence-corrected chi connectivity index (χ0v) is 20.0. The molecule has 3 N–H and O–H groups in total. The molecule has 1 aliphatic rings. The minimum absolute atomic E-state index is 0.691. The molecule has 1 aliphatic heterocycles. The van der Waals surface area contributed by atoms with Crippen LogP contribution in [0.1, 0.15) is 12.5 Å². The maximum absolute atomic E-state index is 4.73. The highest BCUT2D eigenvalue weighted by Gasteiger charge is 2.20. The van der Waals surface area contributed by atoms with E-state index >= 15 is 0 Å². The van der Waals surface area contributed by atoms with Crippen LogP contribution in [0.5, 0.6) is 0 Å². The molecule has 35 heavy (non-hydrogen) atoms. The van der Waals surface area contributed by atoms with E-state index in [4.69, 9.17) is 4.98 Å². The number of aromatic nitrogens is 6. The second-order valence-corrected chi connectivity index (χ2v) is 9.13. The first kappa shape index (κ1) is 21.7. The molecule has 5 aromatic heterocycles. The smallest absolute Gasteiger partial charge is 0.181 e. The molecule has 0 radical (unpaired) electrons. The van der Waals surface area contributed by atoms with Crippen molar-refractivity contribution >= 4 is 27.8 Å². The quantitative estimate of drug-likeness (QED) is 0.352. The van der Waals surface area contributed by atoms with E-state index in [0.717, 1.165) is 89.5 Å². The fraction of sp³-hybridized carbons (Fsp3) is 0.308. The molecule has 1 fully saturated rings. The van der Waals surface area contributed by atoms with Gasteiger partial charge in [-0.3, -0.25) is 10.1 Å². The van der Waals surface area contributed by atoms with E-state index in [-0.39, 0.29) is 0 Å². The Morgan fingerprint density at radius 1 is 0.971 bits per heavy atom. The molecule has 0 aromatic carbocycles. The predicted molar refractivity (Wildman–Crippen MR) is 139 cm³/mol. The molecule has 6 heterocycles. The van der Waals surface area contributed by atoms with Gasteiger partial charge in [-0.15, -0.1) is 0 Å². The normalized spacial score (nSPS) is 14.9. The van der Waals surface area contributed by atoms with E-state index in [2.05, 4.69) is 72.4 Å². The van der Waals surface area contributed by atoms with E-state index in [0.29, 0.717) is 5.65 Å². The Hall–Kier alpha value is -3.82. The lowest BCUT2D eigenvalue weighted by Gasteiger charge is -2.33. The number of fused-ring (bicyclic) bond motifs is 2. The Morgan fingerprint density at radius 2 is 1.83 bits per heavy atom. The number of H-pyrrole nitrogens is 2. The molecule has 6 rings (SSSR count). The van der Waals surface area contributed by atoms with Gasteiger partial charge in [0.1, 0.15) is 5.82 Å². The molecule has 0 saturated carbocycles. The van der Waals surface area contributed by atoms with Gasteiger partial charge in [0.15, 0.2) is 5.65 Å². The lowest BCUT2D eigenvalue weighted by Crippen LogP contribution is -2.44. The van der Waals surface area contributed by atoms with Gasteiger partial charge in [0.2, 0.25) is 0 Å². The van der Waals surface area contributed by atoms with Crippen LogP contribution in [0, 0.1) is 0 Å². The molecule has 0 aliphatic carbocycles. The van der Waals surface area contributed by atoms with Crippen molar-refractivity contribution < 1.29 is 0 Å². The first-order chi connectivity index (χ1) is 17.2. The third-order valence-corrected chi connectivity index (χ3v) is 6.72. The van der Waals surface area contributed by atoms with Gasteiger partial charge in [0.05, 0.1) is 16.9 Å². The van der Waals surface area contributed by atoms with Gasteiger partial charge in [0, 0.05) is 79.4 Å². The maximum atomic E-state index is 4.73. The molecule has 9 nitrogen and oxygen atoms in total. The Kier molecular flexibility index (Phi) is 5.63. The average Bonchev–Trinajstić information content (AvgIpc) is 3.51. The molecule has 5 aromatic rings. The van der Waals surface area contributed by atoms with Crippen LogP contribution in [0.25, 0.3) is 44.5 Å². The Balaban J connectivity index is 1.38. The Labute approximate surface area is 203 Å². The molecule has 0 spiro atoms. The third-order valence-electron chi connectivity index (χ3n) is 6.72. The summed E-state index contributed by atoms with van der Waals surface area (Å²) in [5, 5.41) is 13.1. The standard InChI is InChI=1S/C26H29N9/c1-3-27-13-17-10-18(15-28-14-17)19-11-21-24(32-33-25(21)30-16-19)23-12-20-22(31-23)4-5-29-26(20)35-8-6-34(2)7-9-35/h4-5,10-12,14-16,27,31H,3,6-9,13H2,1-2H3,(H,30,32,33). The fourth-order valence-corrected chi connectivity index (χ4v) is 4.72. The monoisotopic (exact) mass is 467 g/mol. The Bertz CT molecular complexity index is 1480. The summed E-state index contributed by atoms with van der Waals surface area (Å²) in [6.45, 7) is 7.85. The van der Waals surface area contributed by atoms with Crippen LogP contribution in [0.15, 0.2) is 49.1 Å². The summed E-state index contributed by atoms with van der Waals surface area (Å²) in [6.07, 6.45) is 7.53. The highest BCUT2D eigenvalue weighted by atomic mass is 15.3. The van der Waals surface area contributed by atoms with E-state index < -0.39 is 0 Å². The number of aromatic amines is 2. The molecule has 0 amide bonds. The van der Waals surface area contributed by atoms with Crippen molar-refractivity contribution in [2.24, 2.45) is 0 Å². The SMILES string of the molecule is CCNCc1cncc(-c2cnc3n[nH]c(-c4cc5c(N6CCN(C)CC6)nccc5[nH]4)c3c2)c1. The topological polar surface area (TPSA) is 102 Å². The summed E-state index contributed by atoms with van der Waals surface area (Å²) in [4.78, 5) is 22.1. The lowest BCUT2D eigenvalue weighted by atomic mass is 10.1. The van der Waals surface area contributed by atoms with Gasteiger partial charge < -0.3 is 20.1 Å². The van der Waals surface area contributed by atoms with Crippen molar-refractivity contribution in [1.82, 2.24) is 40.3 Å². The lowest BCUT2D eigenvalue weighted by molar-refractivity contribution is 0.312. The second kappa shape index (κ2) is 9.09. The molecule has 0 bridgehead atoms. The number of likely N-dealkylation sites (N-methyl/N-ethyl adjacent to an activating group) is 1. The molecule has 9 heteroatoms. The van der Waals surface area contributed by atoms with Gasteiger partial charge in [-0.2, -0.15) is 5.10 Å². The summed E-state index contributed by atoms with van der Waals surface area (Å²) in [7, 11) is 2.17. The minimum Gasteiger partial charge on any atom is -0.353 e. The average molecular weight is 468 g/mol. The largest absolute Gasteiger partial charge is 0.353 e. The van der Waals surface area contributed by atoms with Gasteiger partial charge in [-0.25, -0.2) is 9.97 Å².